The van der Waals surface area contributed by atoms with E-state index in [-0.39, 0.29) is 18.1 Å². The van der Waals surface area contributed by atoms with Crippen molar-refractivity contribution in [2.75, 3.05) is 19.6 Å². The number of Topliss-reactive ketones (excluding diaryl/α,β-unsaturated/α-hetero) is 1. The first-order valence-electron chi connectivity index (χ1n) is 10.1. The highest BCUT2D eigenvalue weighted by Crippen LogP contribution is 2.36. The van der Waals surface area contributed by atoms with Crippen molar-refractivity contribution in [2.24, 2.45) is 11.8 Å². The fourth-order valence-electron chi connectivity index (χ4n) is 4.64. The molecule has 0 aliphatic carbocycles. The molecule has 3 aliphatic heterocycles. The molecule has 0 amide bonds. The first-order chi connectivity index (χ1) is 14.6. The number of piperidine rings is 3. The number of fused-ring (bicyclic) bond motifs is 4. The first-order valence-corrected chi connectivity index (χ1v) is 10.8. The summed E-state index contributed by atoms with van der Waals surface area (Å²) in [6, 6.07) is 12.5. The molecule has 2 aromatic carbocycles. The molecule has 7 heteroatoms. The van der Waals surface area contributed by atoms with Crippen molar-refractivity contribution >= 4 is 33.9 Å². The Morgan fingerprint density at radius 2 is 1.93 bits per heavy atom. The van der Waals surface area contributed by atoms with E-state index in [2.05, 4.69) is 9.27 Å². The van der Waals surface area contributed by atoms with Crippen LogP contribution in [-0.2, 0) is 4.79 Å². The van der Waals surface area contributed by atoms with Gasteiger partial charge >= 0.3 is 0 Å². The van der Waals surface area contributed by atoms with Crippen LogP contribution in [0.3, 0.4) is 0 Å². The number of hydrogen-bond donors (Lipinski definition) is 1. The fraction of sp³-hybridized carbons (Fsp3) is 0.348. The van der Waals surface area contributed by atoms with Crippen molar-refractivity contribution < 1.29 is 19.1 Å². The van der Waals surface area contributed by atoms with Gasteiger partial charge in [-0.05, 0) is 78.6 Å². The number of hydrogen-bond acceptors (Lipinski definition) is 5. The van der Waals surface area contributed by atoms with E-state index < -0.39 is 0 Å². The molecule has 30 heavy (non-hydrogen) atoms. The molecule has 156 valence electrons. The van der Waals surface area contributed by atoms with Gasteiger partial charge < -0.3 is 10.0 Å². The molecule has 0 radical (unpaired) electrons. The zero-order valence-corrected chi connectivity index (χ0v) is 17.3. The number of nitrogens with zero attached hydrogens (tertiary/aromatic N) is 2. The fourth-order valence-corrected chi connectivity index (χ4v) is 5.47. The van der Waals surface area contributed by atoms with Crippen LogP contribution in [0.15, 0.2) is 42.5 Å². The Kier molecular flexibility index (Phi) is 6.20. The van der Waals surface area contributed by atoms with E-state index in [1.54, 1.807) is 6.07 Å². The molecule has 4 heterocycles. The van der Waals surface area contributed by atoms with Gasteiger partial charge in [-0.15, -0.1) is 0 Å². The largest absolute Gasteiger partial charge is 0.483 e. The van der Waals surface area contributed by atoms with E-state index in [0.29, 0.717) is 24.0 Å². The Morgan fingerprint density at radius 3 is 2.60 bits per heavy atom. The van der Waals surface area contributed by atoms with Crippen molar-refractivity contribution in [3.8, 4) is 11.1 Å². The third-order valence-electron chi connectivity index (χ3n) is 6.13. The predicted molar refractivity (Wildman–Crippen MR) is 115 cm³/mol. The normalized spacial score (nSPS) is 22.4. The minimum atomic E-state index is -0.250. The van der Waals surface area contributed by atoms with Crippen LogP contribution in [0.5, 0.6) is 0 Å². The Bertz CT molecular complexity index is 1060. The minimum Gasteiger partial charge on any atom is -0.483 e. The maximum Gasteiger partial charge on any atom is 0.290 e. The molecule has 1 aromatic heterocycles. The summed E-state index contributed by atoms with van der Waals surface area (Å²) in [6.07, 6.45) is 3.06. The molecule has 1 N–H and O–H groups in total. The van der Waals surface area contributed by atoms with Crippen LogP contribution in [0.1, 0.15) is 29.8 Å². The molecule has 1 atom stereocenters. The van der Waals surface area contributed by atoms with Crippen molar-refractivity contribution in [3.05, 3.63) is 54.0 Å². The second kappa shape index (κ2) is 9.02. The van der Waals surface area contributed by atoms with Crippen LogP contribution >= 0.6 is 11.5 Å². The third-order valence-corrected chi connectivity index (χ3v) is 6.94. The lowest BCUT2D eigenvalue weighted by Gasteiger charge is -2.44. The maximum atomic E-state index is 13.5. The van der Waals surface area contributed by atoms with Gasteiger partial charge in [-0.1, -0.05) is 24.3 Å². The van der Waals surface area contributed by atoms with Gasteiger partial charge in [0.25, 0.3) is 6.47 Å². The average Bonchev–Trinajstić information content (AvgIpc) is 3.19. The maximum absolute atomic E-state index is 13.5. The quantitative estimate of drug-likeness (QED) is 0.483. The molecule has 2 bridgehead atoms. The van der Waals surface area contributed by atoms with E-state index in [4.69, 9.17) is 9.90 Å². The summed E-state index contributed by atoms with van der Waals surface area (Å²) in [5.41, 5.74) is 2.39. The van der Waals surface area contributed by atoms with Crippen LogP contribution in [-0.4, -0.2) is 46.3 Å². The van der Waals surface area contributed by atoms with Crippen LogP contribution in [0, 0.1) is 17.7 Å². The Hall–Kier alpha value is -2.64. The Balaban J connectivity index is 0.000000687. The molecular formula is C23H23FN2O3S. The number of aromatic nitrogens is 1. The second-order valence-electron chi connectivity index (χ2n) is 7.88. The lowest BCUT2D eigenvalue weighted by atomic mass is 9.76. The van der Waals surface area contributed by atoms with Crippen molar-refractivity contribution in [2.45, 2.75) is 19.3 Å². The molecule has 5 nitrogen and oxygen atoms in total. The molecule has 0 saturated carbocycles. The molecule has 3 aromatic rings. The summed E-state index contributed by atoms with van der Waals surface area (Å²) < 4.78 is 19.0. The predicted octanol–water partition coefficient (Wildman–Crippen LogP) is 4.72. The molecule has 0 unspecified atom stereocenters. The standard InChI is InChI=1S/C22H21FN2OS.CH2O2/c23-18-3-1-2-15(10-18)16-4-5-19-21(12-16)27-24-22(19)20(26)11-17-13-25-8-6-14(17)7-9-25;2-1-3/h1-5,10,12,14,17H,6-9,11,13H2;1H,(H,2,3)/t17-;/m0./s1. The monoisotopic (exact) mass is 426 g/mol. The number of rotatable bonds is 4. The smallest absolute Gasteiger partial charge is 0.290 e. The van der Waals surface area contributed by atoms with Crippen LogP contribution in [0.25, 0.3) is 21.2 Å². The highest BCUT2D eigenvalue weighted by molar-refractivity contribution is 7.13. The number of carbonyl (C=O) groups is 2. The van der Waals surface area contributed by atoms with Gasteiger partial charge in [0.2, 0.25) is 0 Å². The summed E-state index contributed by atoms with van der Waals surface area (Å²) >= 11 is 1.36. The van der Waals surface area contributed by atoms with Gasteiger partial charge in [0.1, 0.15) is 11.5 Å². The van der Waals surface area contributed by atoms with Gasteiger partial charge in [-0.2, -0.15) is 4.37 Å². The van der Waals surface area contributed by atoms with Gasteiger partial charge in [-0.25, -0.2) is 4.39 Å². The van der Waals surface area contributed by atoms with Crippen molar-refractivity contribution in [1.29, 1.82) is 0 Å². The summed E-state index contributed by atoms with van der Waals surface area (Å²) in [5.74, 6) is 1.09. The van der Waals surface area contributed by atoms with E-state index >= 15 is 0 Å². The molecule has 3 fully saturated rings. The van der Waals surface area contributed by atoms with Crippen LogP contribution < -0.4 is 0 Å². The van der Waals surface area contributed by atoms with E-state index in [1.165, 1.54) is 49.6 Å². The number of carboxylic acid groups (broad SMARTS) is 1. The second-order valence-corrected chi connectivity index (χ2v) is 8.69. The molecule has 3 aliphatic rings. The lowest BCUT2D eigenvalue weighted by Crippen LogP contribution is -2.47. The highest BCUT2D eigenvalue weighted by Gasteiger charge is 2.35. The topological polar surface area (TPSA) is 70.5 Å². The zero-order chi connectivity index (χ0) is 21.1. The summed E-state index contributed by atoms with van der Waals surface area (Å²) in [4.78, 5) is 23.8. The number of halogens is 1. The summed E-state index contributed by atoms with van der Waals surface area (Å²) in [5, 5.41) is 7.81. The average molecular weight is 427 g/mol. The molecule has 0 spiro atoms. The zero-order valence-electron chi connectivity index (χ0n) is 16.5. The van der Waals surface area contributed by atoms with Gasteiger partial charge in [-0.3, -0.25) is 9.59 Å². The van der Waals surface area contributed by atoms with E-state index in [1.807, 2.05) is 24.3 Å². The van der Waals surface area contributed by atoms with Crippen molar-refractivity contribution in [3.63, 3.8) is 0 Å². The number of ketones is 1. The Morgan fingerprint density at radius 1 is 1.20 bits per heavy atom. The van der Waals surface area contributed by atoms with Crippen molar-refractivity contribution in [1.82, 2.24) is 9.27 Å². The van der Waals surface area contributed by atoms with Crippen LogP contribution in [0.4, 0.5) is 4.39 Å². The minimum absolute atomic E-state index is 0.165. The molecule has 6 rings (SSSR count). The first kappa shape index (κ1) is 20.6. The SMILES string of the molecule is O=C(C[C@H]1CN2CCC1CC2)c1nsc2cc(-c3cccc(F)c3)ccc12.O=CO. The van der Waals surface area contributed by atoms with Crippen LogP contribution in [0.2, 0.25) is 0 Å². The highest BCUT2D eigenvalue weighted by atomic mass is 32.1. The Labute approximate surface area is 178 Å². The summed E-state index contributed by atoms with van der Waals surface area (Å²) in [6.45, 7) is 3.19. The third kappa shape index (κ3) is 4.27. The van der Waals surface area contributed by atoms with Gasteiger partial charge in [0, 0.05) is 18.4 Å². The van der Waals surface area contributed by atoms with E-state index in [0.717, 1.165) is 27.8 Å². The number of benzene rings is 2. The van der Waals surface area contributed by atoms with E-state index in [9.17, 15) is 9.18 Å². The lowest BCUT2D eigenvalue weighted by molar-refractivity contribution is -0.122. The molecule has 3 saturated heterocycles. The van der Waals surface area contributed by atoms with Gasteiger partial charge in [0.05, 0.1) is 4.70 Å². The summed E-state index contributed by atoms with van der Waals surface area (Å²) in [7, 11) is 0. The number of carbonyl (C=O) groups excluding carboxylic acids is 1. The molecular weight excluding hydrogens is 403 g/mol. The van der Waals surface area contributed by atoms with Gasteiger partial charge in [0.15, 0.2) is 5.78 Å².